The van der Waals surface area contributed by atoms with E-state index in [1.807, 2.05) is 0 Å². The topological polar surface area (TPSA) is 34.1 Å². The van der Waals surface area contributed by atoms with Gasteiger partial charge in [-0.2, -0.15) is 0 Å². The third kappa shape index (κ3) is 3.13. The fraction of sp³-hybridized carbons (Fsp3) is 0.636. The van der Waals surface area contributed by atoms with Gasteiger partial charge in [-0.25, -0.2) is 0 Å². The Bertz CT molecular complexity index is 228. The molecule has 0 bridgehead atoms. The minimum atomic E-state index is -0.0428. The van der Waals surface area contributed by atoms with Crippen molar-refractivity contribution >= 4 is 12.1 Å². The first-order chi connectivity index (χ1) is 6.24. The quantitative estimate of drug-likeness (QED) is 0.379. The maximum absolute atomic E-state index is 11.1. The average Bonchev–Trinajstić information content (AvgIpc) is 2.09. The minimum absolute atomic E-state index is 0.0379. The van der Waals surface area contributed by atoms with Gasteiger partial charge in [0.1, 0.15) is 6.29 Å². The van der Waals surface area contributed by atoms with E-state index in [4.69, 9.17) is 0 Å². The van der Waals surface area contributed by atoms with E-state index in [-0.39, 0.29) is 12.2 Å². The van der Waals surface area contributed by atoms with Gasteiger partial charge >= 0.3 is 0 Å². The Morgan fingerprint density at radius 1 is 1.54 bits per heavy atom. The second-order valence-corrected chi connectivity index (χ2v) is 3.70. The van der Waals surface area contributed by atoms with Gasteiger partial charge in [-0.3, -0.25) is 4.79 Å². The Morgan fingerprint density at radius 3 is 2.92 bits per heavy atom. The number of hydrogen-bond donors (Lipinski definition) is 0. The van der Waals surface area contributed by atoms with Crippen LogP contribution in [0.25, 0.3) is 0 Å². The predicted octanol–water partition coefficient (Wildman–Crippen LogP) is 2.28. The van der Waals surface area contributed by atoms with Crippen LogP contribution < -0.4 is 0 Å². The fourth-order valence-corrected chi connectivity index (χ4v) is 1.77. The molecule has 0 aliphatic heterocycles. The molecule has 0 saturated heterocycles. The van der Waals surface area contributed by atoms with Crippen molar-refractivity contribution in [3.05, 3.63) is 11.6 Å². The van der Waals surface area contributed by atoms with Crippen molar-refractivity contribution in [2.75, 3.05) is 0 Å². The van der Waals surface area contributed by atoms with Crippen molar-refractivity contribution < 1.29 is 9.59 Å². The second kappa shape index (κ2) is 4.95. The highest BCUT2D eigenvalue weighted by molar-refractivity contribution is 5.98. The van der Waals surface area contributed by atoms with Gasteiger partial charge in [0.05, 0.1) is 6.42 Å². The summed E-state index contributed by atoms with van der Waals surface area (Å²) in [6.07, 6.45) is 7.05. The van der Waals surface area contributed by atoms with Crippen LogP contribution in [0.3, 0.4) is 0 Å². The summed E-state index contributed by atoms with van der Waals surface area (Å²) in [5.74, 6) is 0.489. The van der Waals surface area contributed by atoms with Gasteiger partial charge < -0.3 is 4.79 Å². The Morgan fingerprint density at radius 2 is 2.31 bits per heavy atom. The third-order valence-corrected chi connectivity index (χ3v) is 2.62. The fourth-order valence-electron chi connectivity index (χ4n) is 1.77. The Hall–Kier alpha value is -0.920. The average molecular weight is 180 g/mol. The lowest BCUT2D eigenvalue weighted by atomic mass is 9.85. The zero-order chi connectivity index (χ0) is 9.68. The number of rotatable bonds is 3. The van der Waals surface area contributed by atoms with Gasteiger partial charge in [0, 0.05) is 0 Å². The van der Waals surface area contributed by atoms with E-state index >= 15 is 0 Å². The van der Waals surface area contributed by atoms with E-state index in [9.17, 15) is 9.59 Å². The van der Waals surface area contributed by atoms with Crippen LogP contribution in [0.2, 0.25) is 0 Å². The van der Waals surface area contributed by atoms with Crippen molar-refractivity contribution in [2.24, 2.45) is 5.92 Å². The van der Waals surface area contributed by atoms with Crippen LogP contribution in [0.15, 0.2) is 11.6 Å². The molecule has 1 rings (SSSR count). The number of carbonyl (C=O) groups is 2. The predicted molar refractivity (Wildman–Crippen MR) is 51.4 cm³/mol. The van der Waals surface area contributed by atoms with E-state index in [0.717, 1.165) is 6.42 Å². The highest BCUT2D eigenvalue weighted by Gasteiger charge is 2.14. The molecule has 1 aliphatic carbocycles. The lowest BCUT2D eigenvalue weighted by Gasteiger charge is -2.21. The summed E-state index contributed by atoms with van der Waals surface area (Å²) in [5, 5.41) is 0. The Kier molecular flexibility index (Phi) is 3.87. The van der Waals surface area contributed by atoms with Gasteiger partial charge in [-0.1, -0.05) is 18.9 Å². The molecule has 0 amide bonds. The van der Waals surface area contributed by atoms with E-state index in [0.29, 0.717) is 12.2 Å². The van der Waals surface area contributed by atoms with Crippen LogP contribution in [-0.2, 0) is 9.59 Å². The van der Waals surface area contributed by atoms with E-state index in [2.05, 4.69) is 6.92 Å². The summed E-state index contributed by atoms with van der Waals surface area (Å²) in [5.41, 5.74) is 1.23. The monoisotopic (exact) mass is 180 g/mol. The number of ketones is 1. The molecule has 0 aromatic carbocycles. The highest BCUT2D eigenvalue weighted by atomic mass is 16.1. The lowest BCUT2D eigenvalue weighted by molar-refractivity contribution is -0.118. The van der Waals surface area contributed by atoms with Crippen LogP contribution in [0, 0.1) is 5.92 Å². The van der Waals surface area contributed by atoms with E-state index in [1.54, 1.807) is 6.08 Å². The zero-order valence-corrected chi connectivity index (χ0v) is 8.08. The largest absolute Gasteiger partial charge is 0.303 e. The first-order valence-electron chi connectivity index (χ1n) is 4.91. The molecule has 0 radical (unpaired) electrons. The molecular formula is C11H16O2. The second-order valence-electron chi connectivity index (χ2n) is 3.70. The van der Waals surface area contributed by atoms with Gasteiger partial charge in [0.2, 0.25) is 0 Å². The van der Waals surface area contributed by atoms with Crippen molar-refractivity contribution in [3.8, 4) is 0 Å². The molecule has 2 heteroatoms. The summed E-state index contributed by atoms with van der Waals surface area (Å²) in [6.45, 7) is 2.15. The summed E-state index contributed by atoms with van der Waals surface area (Å²) < 4.78 is 0. The minimum Gasteiger partial charge on any atom is -0.303 e. The molecule has 0 aromatic rings. The molecule has 13 heavy (non-hydrogen) atoms. The molecule has 1 unspecified atom stereocenters. The first kappa shape index (κ1) is 10.2. The van der Waals surface area contributed by atoms with Gasteiger partial charge in [0.15, 0.2) is 5.78 Å². The summed E-state index contributed by atoms with van der Waals surface area (Å²) in [4.78, 5) is 21.2. The molecule has 0 heterocycles. The van der Waals surface area contributed by atoms with Crippen LogP contribution in [0.4, 0.5) is 0 Å². The van der Waals surface area contributed by atoms with Crippen molar-refractivity contribution in [1.82, 2.24) is 0 Å². The first-order valence-corrected chi connectivity index (χ1v) is 4.91. The van der Waals surface area contributed by atoms with Crippen LogP contribution >= 0.6 is 0 Å². The molecule has 0 N–H and O–H groups in total. The standard InChI is InChI=1S/C11H16O2/c1-9-4-2-3-5-10(9)8-11(13)6-7-12/h7-9H,2-6H2,1H3/b10-8+. The molecule has 2 nitrogen and oxygen atoms in total. The maximum atomic E-state index is 11.1. The number of carbonyl (C=O) groups excluding carboxylic acids is 2. The van der Waals surface area contributed by atoms with Crippen LogP contribution in [0.1, 0.15) is 39.0 Å². The SMILES string of the molecule is CC1CCCC/C1=C\C(=O)CC=O. The van der Waals surface area contributed by atoms with Crippen molar-refractivity contribution in [3.63, 3.8) is 0 Å². The highest BCUT2D eigenvalue weighted by Crippen LogP contribution is 2.28. The van der Waals surface area contributed by atoms with Gasteiger partial charge in [0.25, 0.3) is 0 Å². The molecule has 1 aliphatic rings. The van der Waals surface area contributed by atoms with Gasteiger partial charge in [-0.05, 0) is 31.3 Å². The van der Waals surface area contributed by atoms with Gasteiger partial charge in [-0.15, -0.1) is 0 Å². The smallest absolute Gasteiger partial charge is 0.162 e. The zero-order valence-electron chi connectivity index (χ0n) is 8.08. The summed E-state index contributed by atoms with van der Waals surface area (Å²) in [6, 6.07) is 0. The molecule has 0 spiro atoms. The molecule has 0 aromatic heterocycles. The number of allylic oxidation sites excluding steroid dienone is 2. The van der Waals surface area contributed by atoms with E-state index < -0.39 is 0 Å². The maximum Gasteiger partial charge on any atom is 0.162 e. The normalized spacial score (nSPS) is 25.9. The number of aldehydes is 1. The number of hydrogen-bond acceptors (Lipinski definition) is 2. The molecule has 1 saturated carbocycles. The third-order valence-electron chi connectivity index (χ3n) is 2.62. The Labute approximate surface area is 79.0 Å². The summed E-state index contributed by atoms with van der Waals surface area (Å²) in [7, 11) is 0. The van der Waals surface area contributed by atoms with Crippen LogP contribution in [-0.4, -0.2) is 12.1 Å². The van der Waals surface area contributed by atoms with Crippen LogP contribution in [0.5, 0.6) is 0 Å². The van der Waals surface area contributed by atoms with Crippen molar-refractivity contribution in [1.29, 1.82) is 0 Å². The summed E-state index contributed by atoms with van der Waals surface area (Å²) >= 11 is 0. The Balaban J connectivity index is 2.56. The molecule has 1 fully saturated rings. The lowest BCUT2D eigenvalue weighted by Crippen LogP contribution is -2.08. The molecule has 1 atom stereocenters. The molecule has 72 valence electrons. The van der Waals surface area contributed by atoms with E-state index in [1.165, 1.54) is 24.8 Å². The molecular weight excluding hydrogens is 164 g/mol. The van der Waals surface area contributed by atoms with Crippen molar-refractivity contribution in [2.45, 2.75) is 39.0 Å².